The van der Waals surface area contributed by atoms with Gasteiger partial charge in [0.1, 0.15) is 0 Å². The average molecular weight is 664 g/mol. The second-order valence-electron chi connectivity index (χ2n) is 7.03. The van der Waals surface area contributed by atoms with Crippen LogP contribution in [-0.4, -0.2) is 38.2 Å². The van der Waals surface area contributed by atoms with Crippen LogP contribution in [0, 0.1) is 7.43 Å². The third-order valence-corrected chi connectivity index (χ3v) is 6.73. The summed E-state index contributed by atoms with van der Waals surface area (Å²) >= 11 is 0. The molecule has 1 fully saturated rings. The number of hydrogen-bond acceptors (Lipinski definition) is 5. The normalized spacial score (nSPS) is 20.9. The van der Waals surface area contributed by atoms with Crippen LogP contribution in [0.3, 0.4) is 0 Å². The van der Waals surface area contributed by atoms with Crippen molar-refractivity contribution < 1.29 is 17.9 Å². The number of sulfone groups is 1. The molecule has 1 aromatic heterocycles. The third kappa shape index (κ3) is 3.77. The number of hydrogen-bond donors (Lipinski definition) is 1. The van der Waals surface area contributed by atoms with E-state index in [1.807, 2.05) is 18.2 Å². The summed E-state index contributed by atoms with van der Waals surface area (Å²) in [6, 6.07) is 6.42. The van der Waals surface area contributed by atoms with Crippen LogP contribution in [0.25, 0.3) is 16.2 Å². The molecular weight excluding hydrogens is 642 g/mol. The quantitative estimate of drug-likeness (QED) is 0.507. The zero-order chi connectivity index (χ0) is 19.2. The van der Waals surface area contributed by atoms with Crippen molar-refractivity contribution in [2.45, 2.75) is 30.9 Å². The van der Waals surface area contributed by atoms with Crippen LogP contribution in [0.4, 0.5) is 0 Å². The molecule has 1 aromatic carbocycles. The molecule has 2 aromatic rings. The predicted molar refractivity (Wildman–Crippen MR) is 108 cm³/mol. The summed E-state index contributed by atoms with van der Waals surface area (Å²) < 4.78 is 28.5. The first-order chi connectivity index (χ1) is 12.8. The summed E-state index contributed by atoms with van der Waals surface area (Å²) in [5.41, 5.74) is 0.691. The molecule has 7 nitrogen and oxygen atoms in total. The Labute approximate surface area is 163 Å². The van der Waals surface area contributed by atoms with Crippen LogP contribution >= 0.6 is 0 Å². The molecule has 1 radical (unpaired) electrons. The molecular formula is C20H22LrN2O5S-2. The second-order valence-corrected chi connectivity index (χ2v) is 8.96. The van der Waals surface area contributed by atoms with Crippen molar-refractivity contribution in [1.29, 1.82) is 0 Å². The molecule has 0 saturated heterocycles. The second kappa shape index (κ2) is 7.52. The van der Waals surface area contributed by atoms with Gasteiger partial charge in [0.25, 0.3) is 5.56 Å². The van der Waals surface area contributed by atoms with Crippen molar-refractivity contribution >= 4 is 26.6 Å². The molecule has 1 atom stereocenters. The van der Waals surface area contributed by atoms with Crippen LogP contribution in [-0.2, 0) is 20.2 Å². The Morgan fingerprint density at radius 2 is 2.00 bits per heavy atom. The van der Waals surface area contributed by atoms with Gasteiger partial charge in [0.2, 0.25) is 0 Å². The molecule has 1 saturated carbocycles. The van der Waals surface area contributed by atoms with Crippen LogP contribution in [0.5, 0.6) is 0 Å². The van der Waals surface area contributed by atoms with Crippen molar-refractivity contribution in [2.75, 3.05) is 12.9 Å². The van der Waals surface area contributed by atoms with E-state index in [0.29, 0.717) is 10.9 Å². The van der Waals surface area contributed by atoms with E-state index in [0.717, 1.165) is 30.2 Å². The van der Waals surface area contributed by atoms with Gasteiger partial charge in [0, 0.05) is 23.8 Å². The molecule has 4 rings (SSSR count). The Kier molecular flexibility index (Phi) is 5.67. The van der Waals surface area contributed by atoms with Crippen LogP contribution < -0.4 is 5.56 Å². The molecule has 2 heterocycles. The summed E-state index contributed by atoms with van der Waals surface area (Å²) in [4.78, 5) is 27.5. The smallest absolute Gasteiger partial charge is 0.257 e. The van der Waals surface area contributed by atoms with E-state index >= 15 is 0 Å². The van der Waals surface area contributed by atoms with Crippen molar-refractivity contribution in [3.8, 4) is 0 Å². The van der Waals surface area contributed by atoms with Crippen LogP contribution in [0.2, 0.25) is 0 Å². The number of nitrogens with zero attached hydrogens (tertiary/aromatic N) is 1. The Morgan fingerprint density at radius 1 is 1.28 bits per heavy atom. The molecule has 0 unspecified atom stereocenters. The van der Waals surface area contributed by atoms with Gasteiger partial charge in [-0.05, 0) is 42.3 Å². The first-order valence-corrected chi connectivity index (χ1v) is 10.4. The molecule has 9 heteroatoms. The number of aromatic nitrogens is 1. The van der Waals surface area contributed by atoms with Crippen LogP contribution in [0.15, 0.2) is 40.5 Å². The minimum absolute atomic E-state index is 0. The van der Waals surface area contributed by atoms with Gasteiger partial charge in [0.05, 0.1) is 17.1 Å². The number of aromatic amines is 1. The number of carbonyl (C=O) groups is 1. The topological polar surface area (TPSA) is 107 Å². The van der Waals surface area contributed by atoms with Gasteiger partial charge in [-0.25, -0.2) is 8.42 Å². The SMILES string of the molecule is COC1(c2ccc3cc(C(=O)[N-][C@@H]4C=CS(=O)(=O)C4)c(=O)[nH]c3c2)CCC1.[CH3-].[Lr]. The molecule has 1 amide bonds. The molecule has 0 bridgehead atoms. The molecule has 2 aliphatic rings. The number of fused-ring (bicyclic) bond motifs is 1. The number of rotatable bonds is 4. The van der Waals surface area contributed by atoms with Gasteiger partial charge in [-0.1, -0.05) is 24.3 Å². The van der Waals surface area contributed by atoms with Crippen molar-refractivity contribution in [2.24, 2.45) is 0 Å². The number of carbonyl (C=O) groups excluding carboxylic acids is 1. The minimum Gasteiger partial charge on any atom is -0.642 e. The van der Waals surface area contributed by atoms with Gasteiger partial charge in [-0.15, -0.1) is 0 Å². The van der Waals surface area contributed by atoms with Crippen LogP contribution in [0.1, 0.15) is 35.2 Å². The molecule has 1 aliphatic heterocycles. The Morgan fingerprint density at radius 3 is 2.55 bits per heavy atom. The minimum atomic E-state index is -3.31. The summed E-state index contributed by atoms with van der Waals surface area (Å²) in [5, 5.41) is 5.61. The third-order valence-electron chi connectivity index (χ3n) is 5.35. The standard InChI is InChI=1S/C19H20N2O5S.CH3.Lr/c1-26-19(6-2-7-19)13-4-3-12-9-15(18(23)21-16(12)10-13)17(22)20-14-5-8-27(24,25)11-14;;/h3-5,8-10,14H,2,6-7,11H2,1H3,(H2,20,21,22,23);1H3;/q;-1;/p-1/t14-;;/m1../s1. The van der Waals surface area contributed by atoms with E-state index < -0.39 is 27.3 Å². The molecule has 1 aliphatic carbocycles. The zero-order valence-electron chi connectivity index (χ0n) is 16.0. The van der Waals surface area contributed by atoms with E-state index in [-0.39, 0.29) is 24.3 Å². The first-order valence-electron chi connectivity index (χ1n) is 8.71. The number of pyridine rings is 1. The Bertz CT molecular complexity index is 1110. The average Bonchev–Trinajstić information content (AvgIpc) is 2.92. The maximum absolute atomic E-state index is 12.4. The summed E-state index contributed by atoms with van der Waals surface area (Å²) in [7, 11) is -1.62. The van der Waals surface area contributed by atoms with Crippen molar-refractivity contribution in [3.63, 3.8) is 0 Å². The molecule has 29 heavy (non-hydrogen) atoms. The van der Waals surface area contributed by atoms with Crippen molar-refractivity contribution in [1.82, 2.24) is 4.98 Å². The molecule has 165 valence electrons. The van der Waals surface area contributed by atoms with Gasteiger partial charge in [0.15, 0.2) is 9.84 Å². The van der Waals surface area contributed by atoms with E-state index in [4.69, 9.17) is 4.74 Å². The zero-order valence-corrected chi connectivity index (χ0v) is 19.0. The first kappa shape index (κ1) is 21.8. The van der Waals surface area contributed by atoms with Gasteiger partial charge < -0.3 is 27.3 Å². The number of amides is 1. The van der Waals surface area contributed by atoms with Crippen molar-refractivity contribution in [3.05, 3.63) is 70.0 Å². The number of H-pyrrole nitrogens is 1. The number of methoxy groups -OCH3 is 1. The van der Waals surface area contributed by atoms with Gasteiger partial charge in [-0.2, -0.15) is 0 Å². The predicted octanol–water partition coefficient (Wildman–Crippen LogP) is 2.83. The van der Waals surface area contributed by atoms with E-state index in [2.05, 4.69) is 10.3 Å². The molecule has 0 spiro atoms. The Hall–Kier alpha value is -3.45. The number of nitrogens with one attached hydrogen (secondary N) is 1. The summed E-state index contributed by atoms with van der Waals surface area (Å²) in [5.74, 6) is -0.964. The number of ether oxygens (including phenoxy) is 1. The van der Waals surface area contributed by atoms with Gasteiger partial charge >= 0.3 is 0 Å². The number of benzene rings is 1. The van der Waals surface area contributed by atoms with E-state index in [1.165, 1.54) is 12.1 Å². The van der Waals surface area contributed by atoms with E-state index in [9.17, 15) is 18.0 Å². The van der Waals surface area contributed by atoms with Gasteiger partial charge in [-0.3, -0.25) is 4.79 Å². The maximum atomic E-state index is 12.4. The fourth-order valence-corrected chi connectivity index (χ4v) is 4.81. The summed E-state index contributed by atoms with van der Waals surface area (Å²) in [6.07, 6.45) is 4.33. The fourth-order valence-electron chi connectivity index (χ4n) is 3.61. The monoisotopic (exact) mass is 664 g/mol. The summed E-state index contributed by atoms with van der Waals surface area (Å²) in [6.45, 7) is 0. The van der Waals surface area contributed by atoms with E-state index in [1.54, 1.807) is 7.11 Å². The maximum Gasteiger partial charge on any atom is 0.257 e. The largest absolute Gasteiger partial charge is 0.642 e. The molecule has 1 N–H and O–H groups in total. The fraction of sp³-hybridized carbons (Fsp3) is 0.350. The Balaban J connectivity index is 0.00000150.